The van der Waals surface area contributed by atoms with Crippen molar-refractivity contribution >= 4 is 50.0 Å². The number of carbonyl (C=O) groups is 2. The molecule has 1 amide bonds. The summed E-state index contributed by atoms with van der Waals surface area (Å²) in [7, 11) is 1.32. The third kappa shape index (κ3) is 4.89. The Morgan fingerprint density at radius 1 is 1.36 bits per heavy atom. The molecule has 1 aliphatic heterocycles. The molecular weight excluding hydrogens is 446 g/mol. The predicted octanol–water partition coefficient (Wildman–Crippen LogP) is 3.95. The first kappa shape index (κ1) is 20.8. The summed E-state index contributed by atoms with van der Waals surface area (Å²) < 4.78 is 11.0. The van der Waals surface area contributed by atoms with E-state index in [9.17, 15) is 9.59 Å². The fraction of sp³-hybridized carbons (Fsp3) is 0.421. The van der Waals surface area contributed by atoms with Crippen LogP contribution in [-0.4, -0.2) is 49.8 Å². The summed E-state index contributed by atoms with van der Waals surface area (Å²) in [5, 5.41) is 5.43. The Morgan fingerprint density at radius 2 is 2.11 bits per heavy atom. The number of hydrogen-bond acceptors (Lipinski definition) is 7. The molecule has 1 aromatic carbocycles. The molecule has 0 bridgehead atoms. The number of benzene rings is 1. The number of aromatic nitrogens is 1. The Hall–Kier alpha value is -1.97. The average molecular weight is 468 g/mol. The Labute approximate surface area is 176 Å². The smallest absolute Gasteiger partial charge is 0.337 e. The lowest BCUT2D eigenvalue weighted by Gasteiger charge is -2.31. The fourth-order valence-corrected chi connectivity index (χ4v) is 4.35. The molecule has 1 fully saturated rings. The van der Waals surface area contributed by atoms with E-state index in [1.54, 1.807) is 23.6 Å². The van der Waals surface area contributed by atoms with Gasteiger partial charge in [-0.25, -0.2) is 9.78 Å². The zero-order chi connectivity index (χ0) is 20.1. The minimum Gasteiger partial charge on any atom is -0.465 e. The first-order valence-corrected chi connectivity index (χ1v) is 10.7. The Kier molecular flexibility index (Phi) is 7.03. The number of halogens is 1. The molecule has 1 N–H and O–H groups in total. The third-order valence-corrected chi connectivity index (χ3v) is 6.04. The van der Waals surface area contributed by atoms with Crippen molar-refractivity contribution in [3.8, 4) is 0 Å². The number of methoxy groups -OCH3 is 1. The topological polar surface area (TPSA) is 80.8 Å². The number of thiazole rings is 1. The minimum absolute atomic E-state index is 0.293. The van der Waals surface area contributed by atoms with Gasteiger partial charge in [-0.1, -0.05) is 0 Å². The summed E-state index contributed by atoms with van der Waals surface area (Å²) in [6, 6.07) is 4.86. The number of nitrogens with zero attached hydrogens (tertiary/aromatic N) is 2. The van der Waals surface area contributed by atoms with Crippen LogP contribution in [0.5, 0.6) is 0 Å². The number of amides is 1. The largest absolute Gasteiger partial charge is 0.465 e. The second kappa shape index (κ2) is 9.49. The van der Waals surface area contributed by atoms with Crippen molar-refractivity contribution in [2.75, 3.05) is 37.0 Å². The van der Waals surface area contributed by atoms with Crippen LogP contribution in [0.2, 0.25) is 0 Å². The third-order valence-electron chi connectivity index (χ3n) is 4.48. The molecule has 1 saturated heterocycles. The lowest BCUT2D eigenvalue weighted by Crippen LogP contribution is -2.37. The fourth-order valence-electron chi connectivity index (χ4n) is 3.01. The van der Waals surface area contributed by atoms with E-state index >= 15 is 0 Å². The van der Waals surface area contributed by atoms with Crippen molar-refractivity contribution in [1.82, 2.24) is 4.98 Å². The van der Waals surface area contributed by atoms with Crippen LogP contribution in [0.4, 0.5) is 10.8 Å². The zero-order valence-electron chi connectivity index (χ0n) is 15.7. The number of ether oxygens (including phenoxy) is 2. The van der Waals surface area contributed by atoms with E-state index in [4.69, 9.17) is 9.47 Å². The number of hydrogen-bond donors (Lipinski definition) is 1. The van der Waals surface area contributed by atoms with Gasteiger partial charge in [-0.3, -0.25) is 4.79 Å². The molecule has 0 spiro atoms. The Morgan fingerprint density at radius 3 is 2.75 bits per heavy atom. The highest BCUT2D eigenvalue weighted by Crippen LogP contribution is 2.27. The monoisotopic (exact) mass is 467 g/mol. The molecule has 0 atom stereocenters. The van der Waals surface area contributed by atoms with Gasteiger partial charge in [-0.15, -0.1) is 11.3 Å². The van der Waals surface area contributed by atoms with Crippen LogP contribution >= 0.6 is 27.3 Å². The molecule has 0 aliphatic carbocycles. The summed E-state index contributed by atoms with van der Waals surface area (Å²) >= 11 is 4.83. The van der Waals surface area contributed by atoms with Gasteiger partial charge in [-0.05, 0) is 53.9 Å². The van der Waals surface area contributed by atoms with E-state index < -0.39 is 5.97 Å². The standard InChI is InChI=1S/C19H22BrN3O4S/c1-3-27-13-6-8-23(9-7-13)19-22-16(11-28-19)17(24)21-15-5-4-12(10-14(15)20)18(25)26-2/h4-5,10-11,13H,3,6-9H2,1-2H3,(H,21,24). The second-order valence-corrected chi connectivity index (χ2v) is 7.99. The van der Waals surface area contributed by atoms with E-state index in [1.807, 2.05) is 6.92 Å². The molecule has 3 rings (SSSR count). The van der Waals surface area contributed by atoms with Crippen LogP contribution in [0.3, 0.4) is 0 Å². The van der Waals surface area contributed by atoms with E-state index in [-0.39, 0.29) is 5.91 Å². The lowest BCUT2D eigenvalue weighted by atomic mass is 10.1. The van der Waals surface area contributed by atoms with Crippen molar-refractivity contribution in [1.29, 1.82) is 0 Å². The number of piperidine rings is 1. The van der Waals surface area contributed by atoms with Crippen molar-refractivity contribution in [3.05, 3.63) is 39.3 Å². The molecule has 2 aromatic rings. The summed E-state index contributed by atoms with van der Waals surface area (Å²) in [5.74, 6) is -0.728. The van der Waals surface area contributed by atoms with Gasteiger partial charge in [0.2, 0.25) is 0 Å². The summed E-state index contributed by atoms with van der Waals surface area (Å²) in [4.78, 5) is 30.8. The Bertz CT molecular complexity index is 849. The van der Waals surface area contributed by atoms with Crippen molar-refractivity contribution in [3.63, 3.8) is 0 Å². The molecule has 1 aromatic heterocycles. The maximum Gasteiger partial charge on any atom is 0.337 e. The summed E-state index contributed by atoms with van der Waals surface area (Å²) in [6.07, 6.45) is 2.25. The van der Waals surface area contributed by atoms with E-state index in [1.165, 1.54) is 18.4 Å². The molecule has 0 unspecified atom stereocenters. The predicted molar refractivity (Wildman–Crippen MR) is 112 cm³/mol. The van der Waals surface area contributed by atoms with Crippen molar-refractivity contribution in [2.45, 2.75) is 25.9 Å². The van der Waals surface area contributed by atoms with Crippen LogP contribution in [0.15, 0.2) is 28.1 Å². The van der Waals surface area contributed by atoms with Gasteiger partial charge in [0.1, 0.15) is 5.69 Å². The molecule has 0 saturated carbocycles. The number of carbonyl (C=O) groups excluding carboxylic acids is 2. The Balaban J connectivity index is 1.62. The number of nitrogens with one attached hydrogen (secondary N) is 1. The average Bonchev–Trinajstić information content (AvgIpc) is 3.20. The van der Waals surface area contributed by atoms with Crippen LogP contribution in [-0.2, 0) is 9.47 Å². The SMILES string of the molecule is CCOC1CCN(c2nc(C(=O)Nc3ccc(C(=O)OC)cc3Br)cs2)CC1. The van der Waals surface area contributed by atoms with Gasteiger partial charge >= 0.3 is 5.97 Å². The quantitative estimate of drug-likeness (QED) is 0.647. The first-order valence-electron chi connectivity index (χ1n) is 9.03. The van der Waals surface area contributed by atoms with E-state index in [0.29, 0.717) is 27.5 Å². The molecule has 0 radical (unpaired) electrons. The van der Waals surface area contributed by atoms with Gasteiger partial charge in [-0.2, -0.15) is 0 Å². The van der Waals surface area contributed by atoms with Crippen LogP contribution < -0.4 is 10.2 Å². The van der Waals surface area contributed by atoms with Crippen LogP contribution in [0.1, 0.15) is 40.6 Å². The number of rotatable bonds is 6. The van der Waals surface area contributed by atoms with Gasteiger partial charge in [0.25, 0.3) is 5.91 Å². The first-order chi connectivity index (χ1) is 13.5. The molecule has 28 heavy (non-hydrogen) atoms. The number of anilines is 2. The molecule has 7 nitrogen and oxygen atoms in total. The van der Waals surface area contributed by atoms with Gasteiger partial charge in [0.15, 0.2) is 5.13 Å². The highest BCUT2D eigenvalue weighted by atomic mass is 79.9. The van der Waals surface area contributed by atoms with E-state index in [2.05, 4.69) is 31.1 Å². The normalized spacial score (nSPS) is 14.8. The zero-order valence-corrected chi connectivity index (χ0v) is 18.1. The maximum absolute atomic E-state index is 12.6. The molecule has 1 aliphatic rings. The highest BCUT2D eigenvalue weighted by molar-refractivity contribution is 9.10. The minimum atomic E-state index is -0.434. The highest BCUT2D eigenvalue weighted by Gasteiger charge is 2.22. The van der Waals surface area contributed by atoms with Crippen molar-refractivity contribution in [2.24, 2.45) is 0 Å². The lowest BCUT2D eigenvalue weighted by molar-refractivity contribution is 0.0459. The van der Waals surface area contributed by atoms with Gasteiger partial charge < -0.3 is 19.7 Å². The summed E-state index contributed by atoms with van der Waals surface area (Å²) in [5.41, 5.74) is 1.33. The maximum atomic E-state index is 12.6. The van der Waals surface area contributed by atoms with E-state index in [0.717, 1.165) is 37.7 Å². The van der Waals surface area contributed by atoms with Gasteiger partial charge in [0, 0.05) is 29.5 Å². The van der Waals surface area contributed by atoms with Crippen LogP contribution in [0, 0.1) is 0 Å². The molecule has 2 heterocycles. The number of esters is 1. The molecule has 9 heteroatoms. The second-order valence-electron chi connectivity index (χ2n) is 6.30. The summed E-state index contributed by atoms with van der Waals surface area (Å²) in [6.45, 7) is 4.50. The van der Waals surface area contributed by atoms with Crippen molar-refractivity contribution < 1.29 is 19.1 Å². The molecule has 150 valence electrons. The molecular formula is C19H22BrN3O4S. The van der Waals surface area contributed by atoms with Crippen LogP contribution in [0.25, 0.3) is 0 Å². The van der Waals surface area contributed by atoms with Gasteiger partial charge in [0.05, 0.1) is 24.5 Å².